The minimum absolute atomic E-state index is 0.229. The lowest BCUT2D eigenvalue weighted by atomic mass is 9.96. The second-order valence-corrected chi connectivity index (χ2v) is 10.3. The third-order valence-corrected chi connectivity index (χ3v) is 6.68. The van der Waals surface area contributed by atoms with Crippen molar-refractivity contribution in [3.05, 3.63) is 76.2 Å². The van der Waals surface area contributed by atoms with Gasteiger partial charge in [0.05, 0.1) is 36.5 Å². The van der Waals surface area contributed by atoms with Crippen LogP contribution in [0.1, 0.15) is 36.9 Å². The normalized spacial score (nSPS) is 14.8. The SMILES string of the molecule is CCOc1cc([C@H](CS(C)(=O)=O)n2c(=O)[nH]c3c(C4=CC=CCC4)cccc32)ccc1OC. The average Bonchev–Trinajstić information content (AvgIpc) is 3.13. The van der Waals surface area contributed by atoms with Gasteiger partial charge in [0.1, 0.15) is 9.84 Å². The molecule has 2 aromatic carbocycles. The lowest BCUT2D eigenvalue weighted by molar-refractivity contribution is 0.310. The maximum Gasteiger partial charge on any atom is 0.327 e. The monoisotopic (exact) mass is 468 g/mol. The largest absolute Gasteiger partial charge is 0.493 e. The van der Waals surface area contributed by atoms with E-state index in [0.29, 0.717) is 34.7 Å². The summed E-state index contributed by atoms with van der Waals surface area (Å²) >= 11 is 0. The van der Waals surface area contributed by atoms with E-state index in [2.05, 4.69) is 17.1 Å². The van der Waals surface area contributed by atoms with E-state index in [1.54, 1.807) is 25.3 Å². The molecule has 1 aliphatic carbocycles. The highest BCUT2D eigenvalue weighted by atomic mass is 32.2. The number of nitrogens with zero attached hydrogens (tertiary/aromatic N) is 1. The molecule has 0 fully saturated rings. The predicted molar refractivity (Wildman–Crippen MR) is 131 cm³/mol. The standard InChI is InChI=1S/C25H28N2O5S/c1-4-32-23-15-18(13-14-22(23)31-2)21(16-33(3,29)30)27-20-12-8-11-19(24(20)26-25(27)28)17-9-6-5-7-10-17/h5-6,8-9,11-15,21H,4,7,10,16H2,1-3H3,(H,26,28)/t21-/m0/s1. The van der Waals surface area contributed by atoms with Crippen molar-refractivity contribution in [3.8, 4) is 11.5 Å². The number of rotatable bonds is 8. The Balaban J connectivity index is 1.92. The van der Waals surface area contributed by atoms with Crippen molar-refractivity contribution >= 4 is 26.4 Å². The van der Waals surface area contributed by atoms with E-state index in [0.717, 1.165) is 24.0 Å². The molecular formula is C25H28N2O5S. The van der Waals surface area contributed by atoms with Gasteiger partial charge in [-0.1, -0.05) is 36.4 Å². The Labute approximate surface area is 193 Å². The van der Waals surface area contributed by atoms with Gasteiger partial charge in [-0.2, -0.15) is 0 Å². The van der Waals surface area contributed by atoms with E-state index in [1.807, 2.05) is 31.2 Å². The van der Waals surface area contributed by atoms with Crippen LogP contribution < -0.4 is 15.2 Å². The van der Waals surface area contributed by atoms with Gasteiger partial charge in [-0.15, -0.1) is 0 Å². The summed E-state index contributed by atoms with van der Waals surface area (Å²) in [5, 5.41) is 0. The molecule has 4 rings (SSSR count). The predicted octanol–water partition coefficient (Wildman–Crippen LogP) is 4.10. The van der Waals surface area contributed by atoms with Crippen LogP contribution in [0.4, 0.5) is 0 Å². The van der Waals surface area contributed by atoms with Crippen LogP contribution in [0.25, 0.3) is 16.6 Å². The van der Waals surface area contributed by atoms with Gasteiger partial charge in [-0.3, -0.25) is 4.57 Å². The minimum Gasteiger partial charge on any atom is -0.493 e. The van der Waals surface area contributed by atoms with Crippen LogP contribution in [0.15, 0.2) is 59.4 Å². The number of allylic oxidation sites excluding steroid dienone is 4. The van der Waals surface area contributed by atoms with Gasteiger partial charge in [-0.25, -0.2) is 13.2 Å². The Morgan fingerprint density at radius 1 is 1.18 bits per heavy atom. The number of aromatic nitrogens is 2. The zero-order valence-electron chi connectivity index (χ0n) is 19.0. The van der Waals surface area contributed by atoms with Gasteiger partial charge in [0.2, 0.25) is 0 Å². The van der Waals surface area contributed by atoms with Crippen LogP contribution in [0.2, 0.25) is 0 Å². The van der Waals surface area contributed by atoms with Crippen molar-refractivity contribution in [2.24, 2.45) is 0 Å². The van der Waals surface area contributed by atoms with Crippen LogP contribution in [-0.4, -0.2) is 43.7 Å². The highest BCUT2D eigenvalue weighted by molar-refractivity contribution is 7.90. The first kappa shape index (κ1) is 22.9. The summed E-state index contributed by atoms with van der Waals surface area (Å²) in [5.74, 6) is 0.821. The highest BCUT2D eigenvalue weighted by Crippen LogP contribution is 2.34. The molecule has 3 aromatic rings. The van der Waals surface area contributed by atoms with E-state index in [-0.39, 0.29) is 11.4 Å². The first-order chi connectivity index (χ1) is 15.8. The molecule has 1 heterocycles. The molecule has 0 saturated heterocycles. The quantitative estimate of drug-likeness (QED) is 0.537. The molecule has 0 bridgehead atoms. The molecule has 0 saturated carbocycles. The van der Waals surface area contributed by atoms with Gasteiger partial charge in [0, 0.05) is 11.8 Å². The fraction of sp³-hybridized carbons (Fsp3) is 0.320. The zero-order chi connectivity index (χ0) is 23.6. The Hall–Kier alpha value is -3.26. The number of aromatic amines is 1. The summed E-state index contributed by atoms with van der Waals surface area (Å²) in [6.45, 7) is 2.29. The molecule has 1 aliphatic rings. The van der Waals surface area contributed by atoms with Gasteiger partial charge in [0.15, 0.2) is 11.5 Å². The molecule has 0 spiro atoms. The third kappa shape index (κ3) is 4.75. The Kier molecular flexibility index (Phi) is 6.47. The molecule has 1 aromatic heterocycles. The number of benzene rings is 2. The van der Waals surface area contributed by atoms with Crippen molar-refractivity contribution in [1.82, 2.24) is 9.55 Å². The Bertz CT molecular complexity index is 1400. The van der Waals surface area contributed by atoms with Crippen LogP contribution in [-0.2, 0) is 9.84 Å². The maximum absolute atomic E-state index is 13.2. The van der Waals surface area contributed by atoms with Crippen LogP contribution in [0, 0.1) is 0 Å². The van der Waals surface area contributed by atoms with Crippen molar-refractivity contribution in [2.75, 3.05) is 25.7 Å². The van der Waals surface area contributed by atoms with Crippen molar-refractivity contribution in [3.63, 3.8) is 0 Å². The highest BCUT2D eigenvalue weighted by Gasteiger charge is 2.26. The molecule has 174 valence electrons. The first-order valence-electron chi connectivity index (χ1n) is 10.9. The van der Waals surface area contributed by atoms with Crippen molar-refractivity contribution in [2.45, 2.75) is 25.8 Å². The molecule has 1 atom stereocenters. The van der Waals surface area contributed by atoms with E-state index < -0.39 is 15.9 Å². The topological polar surface area (TPSA) is 90.4 Å². The van der Waals surface area contributed by atoms with E-state index in [1.165, 1.54) is 10.8 Å². The Morgan fingerprint density at radius 3 is 2.67 bits per heavy atom. The van der Waals surface area contributed by atoms with Gasteiger partial charge in [0.25, 0.3) is 0 Å². The fourth-order valence-electron chi connectivity index (χ4n) is 4.33. The van der Waals surface area contributed by atoms with E-state index >= 15 is 0 Å². The number of fused-ring (bicyclic) bond motifs is 1. The molecule has 0 unspecified atom stereocenters. The van der Waals surface area contributed by atoms with Crippen LogP contribution in [0.5, 0.6) is 11.5 Å². The van der Waals surface area contributed by atoms with Gasteiger partial charge < -0.3 is 14.5 Å². The van der Waals surface area contributed by atoms with E-state index in [9.17, 15) is 13.2 Å². The second-order valence-electron chi connectivity index (χ2n) is 8.11. The summed E-state index contributed by atoms with van der Waals surface area (Å²) in [7, 11) is -1.87. The Morgan fingerprint density at radius 2 is 2.00 bits per heavy atom. The summed E-state index contributed by atoms with van der Waals surface area (Å²) in [6, 6.07) is 10.3. The van der Waals surface area contributed by atoms with Crippen molar-refractivity contribution < 1.29 is 17.9 Å². The smallest absolute Gasteiger partial charge is 0.327 e. The minimum atomic E-state index is -3.42. The molecule has 7 nitrogen and oxygen atoms in total. The number of sulfone groups is 1. The number of hydrogen-bond donors (Lipinski definition) is 1. The molecule has 0 aliphatic heterocycles. The van der Waals surface area contributed by atoms with Gasteiger partial charge in [-0.05, 0) is 49.1 Å². The summed E-state index contributed by atoms with van der Waals surface area (Å²) in [6.07, 6.45) is 9.18. The lowest BCUT2D eigenvalue weighted by Gasteiger charge is -2.20. The van der Waals surface area contributed by atoms with Gasteiger partial charge >= 0.3 is 5.69 Å². The molecule has 8 heteroatoms. The zero-order valence-corrected chi connectivity index (χ0v) is 19.8. The molecule has 1 N–H and O–H groups in total. The molecular weight excluding hydrogens is 440 g/mol. The third-order valence-electron chi connectivity index (χ3n) is 5.76. The number of imidazole rings is 1. The maximum atomic E-state index is 13.2. The average molecular weight is 469 g/mol. The summed E-state index contributed by atoms with van der Waals surface area (Å²) < 4.78 is 37.4. The van der Waals surface area contributed by atoms with Crippen LogP contribution >= 0.6 is 0 Å². The second kappa shape index (κ2) is 9.31. The summed E-state index contributed by atoms with van der Waals surface area (Å²) in [4.78, 5) is 16.2. The molecule has 0 amide bonds. The number of nitrogens with one attached hydrogen (secondary N) is 1. The number of methoxy groups -OCH3 is 1. The van der Waals surface area contributed by atoms with Crippen LogP contribution in [0.3, 0.4) is 0 Å². The summed E-state index contributed by atoms with van der Waals surface area (Å²) in [5.41, 5.74) is 3.76. The number of para-hydroxylation sites is 1. The number of H-pyrrole nitrogens is 1. The molecule has 0 radical (unpaired) electrons. The first-order valence-corrected chi connectivity index (χ1v) is 13.0. The number of ether oxygens (including phenoxy) is 2. The number of hydrogen-bond acceptors (Lipinski definition) is 5. The lowest BCUT2D eigenvalue weighted by Crippen LogP contribution is -2.28. The van der Waals surface area contributed by atoms with E-state index in [4.69, 9.17) is 9.47 Å². The van der Waals surface area contributed by atoms with Crippen molar-refractivity contribution in [1.29, 1.82) is 0 Å². The molecule has 33 heavy (non-hydrogen) atoms. The fourth-order valence-corrected chi connectivity index (χ4v) is 5.24.